The van der Waals surface area contributed by atoms with Gasteiger partial charge >= 0.3 is 12.2 Å². The summed E-state index contributed by atoms with van der Waals surface area (Å²) in [6, 6.07) is 5.98. The largest absolute Gasteiger partial charge is 0.466 e. The Morgan fingerprint density at radius 1 is 1.30 bits per heavy atom. The molecule has 0 spiro atoms. The molecule has 1 heterocycles. The second kappa shape index (κ2) is 5.32. The lowest BCUT2D eigenvalue weighted by Crippen LogP contribution is -2.24. The molecule has 2 amide bonds. The third-order valence-corrected chi connectivity index (χ3v) is 2.60. The first-order valence-corrected chi connectivity index (χ1v) is 5.67. The van der Waals surface area contributed by atoms with Crippen LogP contribution in [0.1, 0.15) is 0 Å². The molecule has 0 atom stereocenters. The second-order valence-corrected chi connectivity index (χ2v) is 3.99. The number of ether oxygens (including phenoxy) is 1. The van der Waals surface area contributed by atoms with Crippen molar-refractivity contribution in [3.63, 3.8) is 0 Å². The van der Waals surface area contributed by atoms with E-state index in [0.29, 0.717) is 11.4 Å². The molecule has 0 radical (unpaired) electrons. The molecule has 1 aromatic carbocycles. The van der Waals surface area contributed by atoms with Gasteiger partial charge in [-0.05, 0) is 24.3 Å². The average molecular weight is 287 g/mol. The summed E-state index contributed by atoms with van der Waals surface area (Å²) >= 11 is 0. The molecule has 1 aromatic rings. The van der Waals surface area contributed by atoms with Crippen molar-refractivity contribution in [3.05, 3.63) is 36.2 Å². The van der Waals surface area contributed by atoms with Crippen LogP contribution in [0.25, 0.3) is 0 Å². The van der Waals surface area contributed by atoms with E-state index in [-0.39, 0.29) is 12.8 Å². The molecule has 0 unspecified atom stereocenters. The normalized spacial score (nSPS) is 14.6. The van der Waals surface area contributed by atoms with Gasteiger partial charge in [-0.25, -0.2) is 4.79 Å². The Morgan fingerprint density at radius 3 is 2.45 bits per heavy atom. The highest BCUT2D eigenvalue weighted by Gasteiger charge is 2.39. The monoisotopic (exact) mass is 287 g/mol. The van der Waals surface area contributed by atoms with Gasteiger partial charge in [0.05, 0.1) is 6.20 Å². The van der Waals surface area contributed by atoms with Gasteiger partial charge in [0.1, 0.15) is 0 Å². The number of carbonyl (C=O) groups excluding carboxylic acids is 1. The Labute approximate surface area is 113 Å². The molecular weight excluding hydrogens is 275 g/mol. The minimum absolute atomic E-state index is 0.197. The number of amides is 2. The molecular formula is C12H12F3N3O2. The molecule has 8 heteroatoms. The van der Waals surface area contributed by atoms with Gasteiger partial charge < -0.3 is 20.3 Å². The summed E-state index contributed by atoms with van der Waals surface area (Å²) in [5, 5.41) is 4.94. The second-order valence-electron chi connectivity index (χ2n) is 3.99. The van der Waals surface area contributed by atoms with E-state index in [1.807, 2.05) is 0 Å². The number of nitrogens with one attached hydrogen (secondary N) is 2. The van der Waals surface area contributed by atoms with E-state index >= 15 is 0 Å². The van der Waals surface area contributed by atoms with Crippen molar-refractivity contribution in [1.29, 1.82) is 0 Å². The average Bonchev–Trinajstić information content (AvgIpc) is 2.89. The molecule has 0 bridgehead atoms. The quantitative estimate of drug-likeness (QED) is 0.879. The Hall–Kier alpha value is -2.38. The number of urea groups is 1. The molecule has 108 valence electrons. The van der Waals surface area contributed by atoms with Crippen LogP contribution in [0.5, 0.6) is 0 Å². The predicted molar refractivity (Wildman–Crippen MR) is 67.1 cm³/mol. The zero-order chi connectivity index (χ0) is 14.8. The standard InChI is InChI=1S/C12H12F3N3O2/c1-16-11(19)17-8-2-4-9(5-3-8)18-6-10(20-7-18)12(13,14)15/h2-6H,7H2,1H3,(H2,16,17,19). The SMILES string of the molecule is CNC(=O)Nc1ccc(N2C=C(C(F)(F)F)OC2)cc1. The molecule has 1 aliphatic rings. The third-order valence-electron chi connectivity index (χ3n) is 2.60. The van der Waals surface area contributed by atoms with Gasteiger partial charge in [0.25, 0.3) is 0 Å². The summed E-state index contributed by atoms with van der Waals surface area (Å²) in [7, 11) is 1.48. The minimum Gasteiger partial charge on any atom is -0.466 e. The van der Waals surface area contributed by atoms with Gasteiger partial charge in [-0.2, -0.15) is 13.2 Å². The van der Waals surface area contributed by atoms with Crippen LogP contribution in [-0.2, 0) is 4.74 Å². The number of hydrogen-bond acceptors (Lipinski definition) is 3. The van der Waals surface area contributed by atoms with Gasteiger partial charge in [-0.1, -0.05) is 0 Å². The zero-order valence-electron chi connectivity index (χ0n) is 10.5. The smallest absolute Gasteiger partial charge is 0.450 e. The maximum absolute atomic E-state index is 12.4. The molecule has 5 nitrogen and oxygen atoms in total. The Bertz CT molecular complexity index is 526. The van der Waals surface area contributed by atoms with Crippen LogP contribution >= 0.6 is 0 Å². The van der Waals surface area contributed by atoms with E-state index in [2.05, 4.69) is 15.4 Å². The van der Waals surface area contributed by atoms with Crippen LogP contribution < -0.4 is 15.5 Å². The summed E-state index contributed by atoms with van der Waals surface area (Å²) in [5.41, 5.74) is 1.07. The van der Waals surface area contributed by atoms with Gasteiger partial charge in [-0.15, -0.1) is 0 Å². The highest BCUT2D eigenvalue weighted by Crippen LogP contribution is 2.32. The van der Waals surface area contributed by atoms with Crippen LogP contribution in [0.3, 0.4) is 0 Å². The van der Waals surface area contributed by atoms with E-state index in [0.717, 1.165) is 6.20 Å². The maximum Gasteiger partial charge on any atom is 0.450 e. The van der Waals surface area contributed by atoms with Crippen molar-refractivity contribution in [1.82, 2.24) is 5.32 Å². The van der Waals surface area contributed by atoms with E-state index in [4.69, 9.17) is 0 Å². The van der Waals surface area contributed by atoms with Crippen LogP contribution in [0.2, 0.25) is 0 Å². The van der Waals surface area contributed by atoms with Crippen LogP contribution in [0.4, 0.5) is 29.3 Å². The Kier molecular flexibility index (Phi) is 3.73. The number of hydrogen-bond donors (Lipinski definition) is 2. The molecule has 20 heavy (non-hydrogen) atoms. The molecule has 1 aliphatic heterocycles. The molecule has 0 aliphatic carbocycles. The number of halogens is 3. The van der Waals surface area contributed by atoms with E-state index in [9.17, 15) is 18.0 Å². The molecule has 2 rings (SSSR count). The fraction of sp³-hybridized carbons (Fsp3) is 0.250. The summed E-state index contributed by atoms with van der Waals surface area (Å²) in [6.07, 6.45) is -3.59. The molecule has 0 saturated heterocycles. The lowest BCUT2D eigenvalue weighted by atomic mass is 10.2. The van der Waals surface area contributed by atoms with E-state index < -0.39 is 11.9 Å². The summed E-state index contributed by atoms with van der Waals surface area (Å²) in [5.74, 6) is -1.02. The van der Waals surface area contributed by atoms with Crippen LogP contribution in [0.15, 0.2) is 36.2 Å². The first-order chi connectivity index (χ1) is 9.40. The Balaban J connectivity index is 2.08. The number of allylic oxidation sites excluding steroid dienone is 1. The fourth-order valence-electron chi connectivity index (χ4n) is 1.59. The third kappa shape index (κ3) is 3.14. The fourth-order valence-corrected chi connectivity index (χ4v) is 1.59. The summed E-state index contributed by atoms with van der Waals surface area (Å²) in [4.78, 5) is 12.4. The number of anilines is 2. The highest BCUT2D eigenvalue weighted by molar-refractivity contribution is 5.89. The molecule has 0 saturated carbocycles. The lowest BCUT2D eigenvalue weighted by Gasteiger charge is -2.14. The van der Waals surface area contributed by atoms with Crippen molar-refractivity contribution < 1.29 is 22.7 Å². The highest BCUT2D eigenvalue weighted by atomic mass is 19.4. The number of carbonyl (C=O) groups is 1. The lowest BCUT2D eigenvalue weighted by molar-refractivity contribution is -0.126. The van der Waals surface area contributed by atoms with Gasteiger partial charge in [0.2, 0.25) is 5.76 Å². The minimum atomic E-state index is -4.49. The van der Waals surface area contributed by atoms with Crippen molar-refractivity contribution in [2.24, 2.45) is 0 Å². The topological polar surface area (TPSA) is 53.6 Å². The number of nitrogens with zero attached hydrogens (tertiary/aromatic N) is 1. The first-order valence-electron chi connectivity index (χ1n) is 5.67. The van der Waals surface area contributed by atoms with E-state index in [1.54, 1.807) is 24.3 Å². The maximum atomic E-state index is 12.4. The molecule has 2 N–H and O–H groups in total. The van der Waals surface area contributed by atoms with Crippen molar-refractivity contribution in [2.75, 3.05) is 24.0 Å². The van der Waals surface area contributed by atoms with Crippen LogP contribution in [-0.4, -0.2) is 26.0 Å². The van der Waals surface area contributed by atoms with Crippen molar-refractivity contribution in [3.8, 4) is 0 Å². The number of rotatable bonds is 2. The Morgan fingerprint density at radius 2 is 1.95 bits per heavy atom. The molecule has 0 aromatic heterocycles. The summed E-state index contributed by atoms with van der Waals surface area (Å²) < 4.78 is 41.8. The van der Waals surface area contributed by atoms with Gasteiger partial charge in [0, 0.05) is 18.4 Å². The van der Waals surface area contributed by atoms with Gasteiger partial charge in [0.15, 0.2) is 6.73 Å². The predicted octanol–water partition coefficient (Wildman–Crippen LogP) is 2.64. The first kappa shape index (κ1) is 14.0. The van der Waals surface area contributed by atoms with Crippen LogP contribution in [0, 0.1) is 0 Å². The molecule has 0 fully saturated rings. The number of benzene rings is 1. The van der Waals surface area contributed by atoms with Crippen molar-refractivity contribution >= 4 is 17.4 Å². The van der Waals surface area contributed by atoms with E-state index in [1.165, 1.54) is 11.9 Å². The zero-order valence-corrected chi connectivity index (χ0v) is 10.5. The summed E-state index contributed by atoms with van der Waals surface area (Å²) in [6.45, 7) is -0.197. The van der Waals surface area contributed by atoms with Gasteiger partial charge in [-0.3, -0.25) is 0 Å². The van der Waals surface area contributed by atoms with Crippen molar-refractivity contribution in [2.45, 2.75) is 6.18 Å². The number of alkyl halides is 3.